The summed E-state index contributed by atoms with van der Waals surface area (Å²) >= 11 is -1.84. The highest BCUT2D eigenvalue weighted by Gasteiger charge is 2.24. The Morgan fingerprint density at radius 3 is 1.33 bits per heavy atom. The van der Waals surface area contributed by atoms with E-state index in [9.17, 15) is 4.21 Å². The summed E-state index contributed by atoms with van der Waals surface area (Å²) in [5.41, 5.74) is 1.09. The molecule has 4 heteroatoms. The predicted molar refractivity (Wildman–Crippen MR) is 120 cm³/mol. The number of rotatable bonds is 13. The molecule has 0 amide bonds. The first kappa shape index (κ1) is 26.3. The molecule has 0 fully saturated rings. The van der Waals surface area contributed by atoms with Crippen molar-refractivity contribution in [1.82, 2.24) is 0 Å². The molecular formula is C23H44NO2S+. The van der Waals surface area contributed by atoms with Crippen LogP contribution in [-0.4, -0.2) is 39.4 Å². The molecule has 0 aliphatic carbocycles. The highest BCUT2D eigenvalue weighted by molar-refractivity contribution is 7.79. The SMILES string of the molecule is CCCC[N+](CCCC)(CCCC)CCCC.Cc1ccc(S(=O)O)cc1. The lowest BCUT2D eigenvalue weighted by atomic mass is 10.1. The summed E-state index contributed by atoms with van der Waals surface area (Å²) in [7, 11) is 0. The fourth-order valence-electron chi connectivity index (χ4n) is 3.30. The zero-order chi connectivity index (χ0) is 20.5. The van der Waals surface area contributed by atoms with Gasteiger partial charge in [-0.05, 0) is 44.7 Å². The average Bonchev–Trinajstić information content (AvgIpc) is 2.68. The van der Waals surface area contributed by atoms with E-state index in [1.165, 1.54) is 82.0 Å². The van der Waals surface area contributed by atoms with Gasteiger partial charge in [0.2, 0.25) is 0 Å². The maximum atomic E-state index is 10.4. The third kappa shape index (κ3) is 12.4. The molecule has 3 nitrogen and oxygen atoms in total. The molecule has 0 spiro atoms. The number of unbranched alkanes of at least 4 members (excludes halogenated alkanes) is 4. The van der Waals surface area contributed by atoms with Gasteiger partial charge in [0.1, 0.15) is 0 Å². The van der Waals surface area contributed by atoms with Crippen molar-refractivity contribution in [2.24, 2.45) is 0 Å². The summed E-state index contributed by atoms with van der Waals surface area (Å²) < 4.78 is 20.4. The van der Waals surface area contributed by atoms with Crippen molar-refractivity contribution >= 4 is 11.1 Å². The van der Waals surface area contributed by atoms with E-state index in [4.69, 9.17) is 4.55 Å². The summed E-state index contributed by atoms with van der Waals surface area (Å²) in [6.45, 7) is 17.0. The standard InChI is InChI=1S/C16H36N.C7H8O2S/c1-5-9-13-17(14-10-6-2,15-11-7-3)16-12-8-4;1-6-2-4-7(5-3-6)10(8)9/h5-16H2,1-4H3;2-5H,1H3,(H,8,9)/q+1;. The predicted octanol–water partition coefficient (Wildman–Crippen LogP) is 6.58. The fourth-order valence-corrected chi connectivity index (χ4v) is 3.67. The molecule has 1 unspecified atom stereocenters. The normalized spacial score (nSPS) is 12.4. The summed E-state index contributed by atoms with van der Waals surface area (Å²) in [5.74, 6) is 0. The van der Waals surface area contributed by atoms with Crippen molar-refractivity contribution in [1.29, 1.82) is 0 Å². The zero-order valence-electron chi connectivity index (χ0n) is 18.5. The van der Waals surface area contributed by atoms with E-state index in [1.54, 1.807) is 12.1 Å². The van der Waals surface area contributed by atoms with Crippen LogP contribution in [0, 0.1) is 6.92 Å². The highest BCUT2D eigenvalue weighted by Crippen LogP contribution is 2.16. The number of aryl methyl sites for hydroxylation is 1. The number of nitrogens with zero attached hydrogens (tertiary/aromatic N) is 1. The minimum Gasteiger partial charge on any atom is -0.324 e. The van der Waals surface area contributed by atoms with Crippen molar-refractivity contribution in [2.75, 3.05) is 26.2 Å². The lowest BCUT2D eigenvalue weighted by molar-refractivity contribution is -0.929. The first-order valence-corrected chi connectivity index (χ1v) is 12.1. The smallest absolute Gasteiger partial charge is 0.186 e. The van der Waals surface area contributed by atoms with E-state index in [0.717, 1.165) is 5.56 Å². The maximum Gasteiger partial charge on any atom is 0.186 e. The molecule has 27 heavy (non-hydrogen) atoms. The Balaban J connectivity index is 0.000000569. The molecule has 0 aliphatic heterocycles. The van der Waals surface area contributed by atoms with Gasteiger partial charge in [-0.25, -0.2) is 4.21 Å². The molecule has 0 bridgehead atoms. The second kappa shape index (κ2) is 16.3. The van der Waals surface area contributed by atoms with E-state index >= 15 is 0 Å². The van der Waals surface area contributed by atoms with Crippen LogP contribution in [0.5, 0.6) is 0 Å². The van der Waals surface area contributed by atoms with Gasteiger partial charge < -0.3 is 9.04 Å². The third-order valence-corrected chi connectivity index (χ3v) is 5.84. The van der Waals surface area contributed by atoms with E-state index in [2.05, 4.69) is 27.7 Å². The van der Waals surface area contributed by atoms with Gasteiger partial charge in [0.25, 0.3) is 0 Å². The van der Waals surface area contributed by atoms with Gasteiger partial charge in [0.15, 0.2) is 11.1 Å². The molecule has 0 radical (unpaired) electrons. The minimum absolute atomic E-state index is 0.450. The van der Waals surface area contributed by atoms with Gasteiger partial charge in [0, 0.05) is 0 Å². The van der Waals surface area contributed by atoms with Crippen molar-refractivity contribution in [3.05, 3.63) is 29.8 Å². The van der Waals surface area contributed by atoms with Crippen LogP contribution >= 0.6 is 0 Å². The Kier molecular flexibility index (Phi) is 15.8. The quantitative estimate of drug-likeness (QED) is 0.301. The van der Waals surface area contributed by atoms with Gasteiger partial charge in [-0.1, -0.05) is 71.1 Å². The summed E-state index contributed by atoms with van der Waals surface area (Å²) in [6, 6.07) is 6.91. The number of hydrogen-bond acceptors (Lipinski definition) is 1. The topological polar surface area (TPSA) is 37.3 Å². The van der Waals surface area contributed by atoms with Crippen LogP contribution in [0.15, 0.2) is 29.2 Å². The van der Waals surface area contributed by atoms with Crippen molar-refractivity contribution < 1.29 is 13.2 Å². The Hall–Kier alpha value is -0.710. The van der Waals surface area contributed by atoms with Crippen LogP contribution in [-0.2, 0) is 11.1 Å². The van der Waals surface area contributed by atoms with Crippen molar-refractivity contribution in [3.63, 3.8) is 0 Å². The molecule has 0 saturated carbocycles. The monoisotopic (exact) mass is 398 g/mol. The van der Waals surface area contributed by atoms with Crippen LogP contribution < -0.4 is 0 Å². The summed E-state index contributed by atoms with van der Waals surface area (Å²) in [5, 5.41) is 0. The third-order valence-electron chi connectivity index (χ3n) is 5.17. The molecule has 0 aliphatic rings. The Morgan fingerprint density at radius 2 is 1.07 bits per heavy atom. The van der Waals surface area contributed by atoms with Crippen LogP contribution in [0.1, 0.15) is 84.6 Å². The zero-order valence-corrected chi connectivity index (χ0v) is 19.3. The van der Waals surface area contributed by atoms with Gasteiger partial charge >= 0.3 is 0 Å². The lowest BCUT2D eigenvalue weighted by Crippen LogP contribution is -2.50. The minimum atomic E-state index is -1.84. The van der Waals surface area contributed by atoms with Crippen LogP contribution in [0.2, 0.25) is 0 Å². The van der Waals surface area contributed by atoms with Crippen LogP contribution in [0.3, 0.4) is 0 Å². The molecule has 1 aromatic rings. The molecule has 1 N–H and O–H groups in total. The molecule has 158 valence electrons. The van der Waals surface area contributed by atoms with Crippen molar-refractivity contribution in [2.45, 2.75) is 90.9 Å². The lowest BCUT2D eigenvalue weighted by Gasteiger charge is -2.39. The highest BCUT2D eigenvalue weighted by atomic mass is 32.2. The second-order valence-electron chi connectivity index (χ2n) is 7.71. The summed E-state index contributed by atoms with van der Waals surface area (Å²) in [4.78, 5) is 0.450. The number of hydrogen-bond donors (Lipinski definition) is 1. The van der Waals surface area contributed by atoms with Crippen LogP contribution in [0.4, 0.5) is 0 Å². The summed E-state index contributed by atoms with van der Waals surface area (Å²) in [6.07, 6.45) is 11.1. The Labute approximate surface area is 171 Å². The Bertz CT molecular complexity index is 450. The largest absolute Gasteiger partial charge is 0.324 e. The van der Waals surface area contributed by atoms with Gasteiger partial charge in [-0.15, -0.1) is 0 Å². The number of benzene rings is 1. The molecule has 0 saturated heterocycles. The van der Waals surface area contributed by atoms with Gasteiger partial charge in [-0.3, -0.25) is 0 Å². The van der Waals surface area contributed by atoms with E-state index in [1.807, 2.05) is 19.1 Å². The molecule has 1 aromatic carbocycles. The Morgan fingerprint density at radius 1 is 0.741 bits per heavy atom. The average molecular weight is 399 g/mol. The molecule has 1 atom stereocenters. The van der Waals surface area contributed by atoms with E-state index < -0.39 is 11.1 Å². The molecule has 1 rings (SSSR count). The second-order valence-corrected chi connectivity index (χ2v) is 8.68. The molecule has 0 heterocycles. The molecule has 0 aromatic heterocycles. The van der Waals surface area contributed by atoms with Crippen LogP contribution in [0.25, 0.3) is 0 Å². The maximum absolute atomic E-state index is 10.4. The molecular weight excluding hydrogens is 354 g/mol. The fraction of sp³-hybridized carbons (Fsp3) is 0.739. The van der Waals surface area contributed by atoms with Crippen molar-refractivity contribution in [3.8, 4) is 0 Å². The first-order chi connectivity index (χ1) is 12.9. The van der Waals surface area contributed by atoms with E-state index in [0.29, 0.717) is 4.90 Å². The number of quaternary nitrogens is 1. The van der Waals surface area contributed by atoms with E-state index in [-0.39, 0.29) is 0 Å². The van der Waals surface area contributed by atoms with Gasteiger partial charge in [-0.2, -0.15) is 0 Å². The van der Waals surface area contributed by atoms with Gasteiger partial charge in [0.05, 0.1) is 31.1 Å². The first-order valence-electron chi connectivity index (χ1n) is 11.0.